The third-order valence-corrected chi connectivity index (χ3v) is 1.53. The molecule has 1 rings (SSSR count). The predicted octanol–water partition coefficient (Wildman–Crippen LogP) is 1.02. The summed E-state index contributed by atoms with van der Waals surface area (Å²) in [5, 5.41) is 6.54. The molecule has 0 aliphatic carbocycles. The van der Waals surface area contributed by atoms with E-state index >= 15 is 0 Å². The molecule has 1 heterocycles. The maximum absolute atomic E-state index is 3.30. The normalized spacial score (nSPS) is 25.3. The van der Waals surface area contributed by atoms with Gasteiger partial charge in [-0.3, -0.25) is 0 Å². The van der Waals surface area contributed by atoms with Crippen molar-refractivity contribution in [2.45, 2.75) is 26.9 Å². The Kier molecular flexibility index (Phi) is 1.65. The lowest BCUT2D eigenvalue weighted by atomic mass is 10.2. The predicted molar refractivity (Wildman–Crippen MR) is 38.7 cm³/mol. The minimum absolute atomic E-state index is 0.449. The van der Waals surface area contributed by atoms with Crippen molar-refractivity contribution in [1.82, 2.24) is 10.6 Å². The van der Waals surface area contributed by atoms with Crippen LogP contribution in [0.15, 0.2) is 11.9 Å². The number of nitrogens with one attached hydrogen (secondary N) is 2. The summed E-state index contributed by atoms with van der Waals surface area (Å²) in [6, 6.07) is 0. The molecule has 0 amide bonds. The van der Waals surface area contributed by atoms with Crippen molar-refractivity contribution in [2.24, 2.45) is 5.92 Å². The molecular formula is C7H14N2. The Bertz CT molecular complexity index is 127. The molecule has 2 nitrogen and oxygen atoms in total. The molecule has 52 valence electrons. The third-order valence-electron chi connectivity index (χ3n) is 1.53. The second-order valence-electron chi connectivity index (χ2n) is 2.86. The zero-order valence-corrected chi connectivity index (χ0v) is 6.23. The smallest absolute Gasteiger partial charge is 0.0981 e. The van der Waals surface area contributed by atoms with E-state index in [1.165, 1.54) is 5.70 Å². The average Bonchev–Trinajstić information content (AvgIpc) is 2.14. The lowest BCUT2D eigenvalue weighted by Crippen LogP contribution is -2.36. The molecule has 0 aromatic heterocycles. The van der Waals surface area contributed by atoms with Crippen molar-refractivity contribution >= 4 is 0 Å². The zero-order valence-electron chi connectivity index (χ0n) is 6.23. The standard InChI is InChI=1S/C7H14N2/c1-5(2)7-8-4-6(3)9-7/h4-5,7-9H,1-3H3. The van der Waals surface area contributed by atoms with Crippen LogP contribution in [0.4, 0.5) is 0 Å². The first-order chi connectivity index (χ1) is 4.20. The lowest BCUT2D eigenvalue weighted by molar-refractivity contribution is 0.421. The third kappa shape index (κ3) is 1.37. The van der Waals surface area contributed by atoms with Crippen LogP contribution in [0.5, 0.6) is 0 Å². The fourth-order valence-corrected chi connectivity index (χ4v) is 0.903. The molecule has 0 bridgehead atoms. The Balaban J connectivity index is 2.37. The Labute approximate surface area is 56.3 Å². The van der Waals surface area contributed by atoms with Gasteiger partial charge in [0.05, 0.1) is 6.17 Å². The van der Waals surface area contributed by atoms with Crippen molar-refractivity contribution in [1.29, 1.82) is 0 Å². The molecule has 0 fully saturated rings. The molecule has 1 aliphatic heterocycles. The molecule has 0 spiro atoms. The molecule has 0 saturated heterocycles. The van der Waals surface area contributed by atoms with E-state index in [0.29, 0.717) is 12.1 Å². The van der Waals surface area contributed by atoms with Crippen LogP contribution in [0.1, 0.15) is 20.8 Å². The largest absolute Gasteiger partial charge is 0.370 e. The molecule has 1 atom stereocenters. The number of hydrogen-bond donors (Lipinski definition) is 2. The fourth-order valence-electron chi connectivity index (χ4n) is 0.903. The van der Waals surface area contributed by atoms with Crippen LogP contribution in [-0.2, 0) is 0 Å². The summed E-state index contributed by atoms with van der Waals surface area (Å²) in [5.74, 6) is 0.652. The van der Waals surface area contributed by atoms with E-state index in [4.69, 9.17) is 0 Å². The van der Waals surface area contributed by atoms with Gasteiger partial charge in [0.25, 0.3) is 0 Å². The van der Waals surface area contributed by atoms with Gasteiger partial charge in [-0.05, 0) is 12.8 Å². The molecule has 0 aromatic carbocycles. The highest BCUT2D eigenvalue weighted by Gasteiger charge is 2.14. The van der Waals surface area contributed by atoms with Gasteiger partial charge in [0.1, 0.15) is 0 Å². The van der Waals surface area contributed by atoms with Crippen LogP contribution in [-0.4, -0.2) is 6.17 Å². The van der Waals surface area contributed by atoms with Crippen molar-refractivity contribution in [2.75, 3.05) is 0 Å². The molecule has 9 heavy (non-hydrogen) atoms. The molecule has 1 aliphatic rings. The first-order valence-electron chi connectivity index (χ1n) is 3.39. The molecule has 0 aromatic rings. The van der Waals surface area contributed by atoms with Gasteiger partial charge in [0.15, 0.2) is 0 Å². The minimum Gasteiger partial charge on any atom is -0.370 e. The van der Waals surface area contributed by atoms with Gasteiger partial charge in [-0.1, -0.05) is 13.8 Å². The highest BCUT2D eigenvalue weighted by Crippen LogP contribution is 2.05. The van der Waals surface area contributed by atoms with E-state index in [9.17, 15) is 0 Å². The second kappa shape index (κ2) is 2.29. The van der Waals surface area contributed by atoms with Gasteiger partial charge in [0.2, 0.25) is 0 Å². The second-order valence-corrected chi connectivity index (χ2v) is 2.86. The van der Waals surface area contributed by atoms with Gasteiger partial charge in [-0.25, -0.2) is 0 Å². The molecule has 2 heteroatoms. The highest BCUT2D eigenvalue weighted by atomic mass is 15.2. The van der Waals surface area contributed by atoms with E-state index in [1.807, 2.05) is 6.20 Å². The fraction of sp³-hybridized carbons (Fsp3) is 0.714. The van der Waals surface area contributed by atoms with Crippen molar-refractivity contribution in [3.05, 3.63) is 11.9 Å². The van der Waals surface area contributed by atoms with Gasteiger partial charge >= 0.3 is 0 Å². The first kappa shape index (κ1) is 6.46. The molecular weight excluding hydrogens is 112 g/mol. The summed E-state index contributed by atoms with van der Waals surface area (Å²) in [6.45, 7) is 6.45. The highest BCUT2D eigenvalue weighted by molar-refractivity contribution is 5.03. The number of rotatable bonds is 1. The molecule has 0 saturated carbocycles. The maximum atomic E-state index is 3.30. The summed E-state index contributed by atoms with van der Waals surface area (Å²) in [5.41, 5.74) is 1.23. The van der Waals surface area contributed by atoms with Crippen LogP contribution in [0.25, 0.3) is 0 Å². The zero-order chi connectivity index (χ0) is 6.85. The Morgan fingerprint density at radius 1 is 1.56 bits per heavy atom. The van der Waals surface area contributed by atoms with Crippen molar-refractivity contribution in [3.8, 4) is 0 Å². The number of allylic oxidation sites excluding steroid dienone is 1. The maximum Gasteiger partial charge on any atom is 0.0981 e. The Morgan fingerprint density at radius 2 is 2.22 bits per heavy atom. The van der Waals surface area contributed by atoms with E-state index in [1.54, 1.807) is 0 Å². The van der Waals surface area contributed by atoms with Crippen molar-refractivity contribution in [3.63, 3.8) is 0 Å². The van der Waals surface area contributed by atoms with Crippen LogP contribution in [0.3, 0.4) is 0 Å². The monoisotopic (exact) mass is 126 g/mol. The van der Waals surface area contributed by atoms with Crippen molar-refractivity contribution < 1.29 is 0 Å². The Morgan fingerprint density at radius 3 is 2.44 bits per heavy atom. The topological polar surface area (TPSA) is 24.1 Å². The Hall–Kier alpha value is -0.660. The minimum atomic E-state index is 0.449. The van der Waals surface area contributed by atoms with E-state index in [2.05, 4.69) is 31.4 Å². The summed E-state index contributed by atoms with van der Waals surface area (Å²) >= 11 is 0. The van der Waals surface area contributed by atoms with Crippen LogP contribution in [0.2, 0.25) is 0 Å². The molecule has 1 unspecified atom stereocenters. The lowest BCUT2D eigenvalue weighted by Gasteiger charge is -2.16. The first-order valence-corrected chi connectivity index (χ1v) is 3.39. The summed E-state index contributed by atoms with van der Waals surface area (Å²) in [6.07, 6.45) is 2.47. The SMILES string of the molecule is CC1=CNC(C(C)C)N1. The van der Waals surface area contributed by atoms with E-state index < -0.39 is 0 Å². The summed E-state index contributed by atoms with van der Waals surface area (Å²) in [7, 11) is 0. The van der Waals surface area contributed by atoms with Crippen LogP contribution in [0, 0.1) is 5.92 Å². The number of hydrogen-bond acceptors (Lipinski definition) is 2. The van der Waals surface area contributed by atoms with Gasteiger partial charge < -0.3 is 10.6 Å². The average molecular weight is 126 g/mol. The summed E-state index contributed by atoms with van der Waals surface area (Å²) in [4.78, 5) is 0. The van der Waals surface area contributed by atoms with Gasteiger partial charge in [-0.2, -0.15) is 0 Å². The molecule has 0 radical (unpaired) electrons. The van der Waals surface area contributed by atoms with E-state index in [0.717, 1.165) is 0 Å². The van der Waals surface area contributed by atoms with E-state index in [-0.39, 0.29) is 0 Å². The van der Waals surface area contributed by atoms with Gasteiger partial charge in [0, 0.05) is 11.9 Å². The van der Waals surface area contributed by atoms with Gasteiger partial charge in [-0.15, -0.1) is 0 Å². The van der Waals surface area contributed by atoms with Crippen LogP contribution >= 0.6 is 0 Å². The quantitative estimate of drug-likeness (QED) is 0.548. The van der Waals surface area contributed by atoms with Crippen LogP contribution < -0.4 is 10.6 Å². The summed E-state index contributed by atoms with van der Waals surface area (Å²) < 4.78 is 0. The molecule has 2 N–H and O–H groups in total.